The van der Waals surface area contributed by atoms with E-state index in [9.17, 15) is 0 Å². The molecule has 0 atom stereocenters. The average Bonchev–Trinajstić information content (AvgIpc) is 3.71. The molecule has 1 heterocycles. The number of hydrogen-bond acceptors (Lipinski definition) is 2. The largest absolute Gasteiger partial charge is 0.309 e. The predicted molar refractivity (Wildman–Crippen MR) is 228 cm³/mol. The second-order valence-corrected chi connectivity index (χ2v) is 15.6. The van der Waals surface area contributed by atoms with Gasteiger partial charge in [-0.2, -0.15) is 0 Å². The third kappa shape index (κ3) is 5.13. The topological polar surface area (TPSA) is 3.24 Å². The molecule has 0 N–H and O–H groups in total. The van der Waals surface area contributed by atoms with E-state index in [2.05, 4.69) is 207 Å². The molecule has 0 saturated carbocycles. The van der Waals surface area contributed by atoms with Crippen molar-refractivity contribution < 1.29 is 0 Å². The van der Waals surface area contributed by atoms with Gasteiger partial charge in [-0.15, -0.1) is 11.3 Å². The lowest BCUT2D eigenvalue weighted by Gasteiger charge is -2.31. The van der Waals surface area contributed by atoms with Gasteiger partial charge in [0, 0.05) is 42.4 Å². The monoisotopic (exact) mass is 695 g/mol. The minimum atomic E-state index is -0.107. The molecule has 1 nitrogen and oxygen atoms in total. The first-order valence-electron chi connectivity index (χ1n) is 18.4. The van der Waals surface area contributed by atoms with Crippen molar-refractivity contribution in [3.05, 3.63) is 199 Å². The molecular weight excluding hydrogens is 659 g/mol. The van der Waals surface area contributed by atoms with Gasteiger partial charge in [0.1, 0.15) is 0 Å². The molecule has 10 rings (SSSR count). The first-order chi connectivity index (χ1) is 26.1. The van der Waals surface area contributed by atoms with E-state index in [4.69, 9.17) is 0 Å². The van der Waals surface area contributed by atoms with Gasteiger partial charge in [0.2, 0.25) is 0 Å². The fourth-order valence-electron chi connectivity index (χ4n) is 8.51. The molecule has 0 unspecified atom stereocenters. The Morgan fingerprint density at radius 2 is 0.925 bits per heavy atom. The lowest BCUT2D eigenvalue weighted by Crippen LogP contribution is -2.16. The molecule has 53 heavy (non-hydrogen) atoms. The van der Waals surface area contributed by atoms with Crippen molar-refractivity contribution in [3.63, 3.8) is 0 Å². The summed E-state index contributed by atoms with van der Waals surface area (Å²) in [4.78, 5) is 2.50. The number of nitrogens with zero attached hydrogens (tertiary/aromatic N) is 1. The number of thiophene rings is 1. The molecule has 0 aliphatic heterocycles. The van der Waals surface area contributed by atoms with Gasteiger partial charge in [-0.05, 0) is 80.9 Å². The molecule has 1 aliphatic rings. The Labute approximate surface area is 315 Å². The molecule has 1 aliphatic carbocycles. The number of anilines is 3. The van der Waals surface area contributed by atoms with Crippen LogP contribution in [0.4, 0.5) is 17.1 Å². The first kappa shape index (κ1) is 31.5. The van der Waals surface area contributed by atoms with E-state index in [1.54, 1.807) is 0 Å². The van der Waals surface area contributed by atoms with Crippen molar-refractivity contribution in [2.45, 2.75) is 19.3 Å². The third-order valence-corrected chi connectivity index (χ3v) is 12.3. The van der Waals surface area contributed by atoms with Gasteiger partial charge in [0.15, 0.2) is 0 Å². The second-order valence-electron chi connectivity index (χ2n) is 14.5. The number of hydrogen-bond donors (Lipinski definition) is 0. The van der Waals surface area contributed by atoms with E-state index in [1.807, 2.05) is 11.3 Å². The second kappa shape index (κ2) is 12.5. The summed E-state index contributed by atoms with van der Waals surface area (Å²) in [5.74, 6) is 0. The van der Waals surface area contributed by atoms with Crippen molar-refractivity contribution in [3.8, 4) is 44.5 Å². The van der Waals surface area contributed by atoms with E-state index in [0.29, 0.717) is 0 Å². The zero-order valence-corrected chi connectivity index (χ0v) is 30.6. The Bertz CT molecular complexity index is 2790. The van der Waals surface area contributed by atoms with Crippen LogP contribution in [0.1, 0.15) is 25.0 Å². The molecule has 8 aromatic carbocycles. The summed E-state index contributed by atoms with van der Waals surface area (Å²) >= 11 is 1.87. The third-order valence-electron chi connectivity index (χ3n) is 11.1. The number of para-hydroxylation sites is 1. The number of fused-ring (bicyclic) bond motifs is 6. The van der Waals surface area contributed by atoms with Gasteiger partial charge in [-0.3, -0.25) is 0 Å². The fraction of sp³-hybridized carbons (Fsp3) is 0.0588. The maximum absolute atomic E-state index is 2.50. The van der Waals surface area contributed by atoms with Gasteiger partial charge < -0.3 is 4.90 Å². The van der Waals surface area contributed by atoms with Crippen LogP contribution in [0.3, 0.4) is 0 Å². The van der Waals surface area contributed by atoms with Crippen molar-refractivity contribution in [1.29, 1.82) is 0 Å². The molecule has 252 valence electrons. The summed E-state index contributed by atoms with van der Waals surface area (Å²) in [6.45, 7) is 4.72. The smallest absolute Gasteiger partial charge is 0.0543 e. The van der Waals surface area contributed by atoms with Crippen LogP contribution >= 0.6 is 11.3 Å². The Balaban J connectivity index is 1.17. The van der Waals surface area contributed by atoms with Crippen LogP contribution in [-0.2, 0) is 5.41 Å². The zero-order valence-electron chi connectivity index (χ0n) is 29.8. The molecular formula is C51H37NS. The van der Waals surface area contributed by atoms with E-state index < -0.39 is 0 Å². The van der Waals surface area contributed by atoms with E-state index in [-0.39, 0.29) is 5.41 Å². The van der Waals surface area contributed by atoms with Crippen molar-refractivity contribution in [2.75, 3.05) is 4.90 Å². The summed E-state index contributed by atoms with van der Waals surface area (Å²) in [6.07, 6.45) is 0. The lowest BCUT2D eigenvalue weighted by molar-refractivity contribution is 0.660. The molecule has 0 radical (unpaired) electrons. The van der Waals surface area contributed by atoms with Gasteiger partial charge in [0.25, 0.3) is 0 Å². The normalized spacial score (nSPS) is 12.9. The Kier molecular flexibility index (Phi) is 7.42. The highest BCUT2D eigenvalue weighted by Crippen LogP contribution is 2.55. The lowest BCUT2D eigenvalue weighted by atomic mass is 9.82. The fourth-order valence-corrected chi connectivity index (χ4v) is 9.65. The summed E-state index contributed by atoms with van der Waals surface area (Å²) < 4.78 is 2.63. The molecule has 9 aromatic rings. The maximum Gasteiger partial charge on any atom is 0.0543 e. The highest BCUT2D eigenvalue weighted by molar-refractivity contribution is 7.25. The highest BCUT2D eigenvalue weighted by Gasteiger charge is 2.38. The van der Waals surface area contributed by atoms with Gasteiger partial charge in [-0.1, -0.05) is 166 Å². The highest BCUT2D eigenvalue weighted by atomic mass is 32.1. The molecule has 2 heteroatoms. The van der Waals surface area contributed by atoms with E-state index >= 15 is 0 Å². The van der Waals surface area contributed by atoms with Gasteiger partial charge >= 0.3 is 0 Å². The number of rotatable bonds is 6. The number of benzene rings is 8. The van der Waals surface area contributed by atoms with Crippen molar-refractivity contribution in [2.24, 2.45) is 0 Å². The Morgan fingerprint density at radius 1 is 0.396 bits per heavy atom. The Morgan fingerprint density at radius 3 is 1.70 bits per heavy atom. The Hall–Kier alpha value is -6.22. The van der Waals surface area contributed by atoms with Crippen LogP contribution in [0.2, 0.25) is 0 Å². The van der Waals surface area contributed by atoms with Crippen LogP contribution in [0.15, 0.2) is 188 Å². The SMILES string of the molecule is CC1(C)c2ccccc2-c2c(N(c3ccc(-c4ccc(-c5ccccc5)cc4)cc3)c3ccccc3-c3cccc4sc5ccccc5c34)cccc21. The van der Waals surface area contributed by atoms with Crippen LogP contribution in [0.25, 0.3) is 64.7 Å². The summed E-state index contributed by atoms with van der Waals surface area (Å²) in [5.41, 5.74) is 16.0. The van der Waals surface area contributed by atoms with E-state index in [1.165, 1.54) is 81.5 Å². The van der Waals surface area contributed by atoms with E-state index in [0.717, 1.165) is 11.4 Å². The van der Waals surface area contributed by atoms with Crippen LogP contribution in [-0.4, -0.2) is 0 Å². The minimum absolute atomic E-state index is 0.107. The van der Waals surface area contributed by atoms with Crippen molar-refractivity contribution in [1.82, 2.24) is 0 Å². The van der Waals surface area contributed by atoms with Crippen LogP contribution < -0.4 is 4.90 Å². The molecule has 0 bridgehead atoms. The summed E-state index contributed by atoms with van der Waals surface area (Å²) in [5, 5.41) is 2.63. The molecule has 0 amide bonds. The minimum Gasteiger partial charge on any atom is -0.309 e. The van der Waals surface area contributed by atoms with Crippen LogP contribution in [0.5, 0.6) is 0 Å². The van der Waals surface area contributed by atoms with Gasteiger partial charge in [0.05, 0.1) is 11.4 Å². The first-order valence-corrected chi connectivity index (χ1v) is 19.2. The summed E-state index contributed by atoms with van der Waals surface area (Å²) in [6, 6.07) is 69.0. The molecule has 0 saturated heterocycles. The molecule has 0 fully saturated rings. The molecule has 1 aromatic heterocycles. The zero-order chi connectivity index (χ0) is 35.5. The maximum atomic E-state index is 2.50. The predicted octanol–water partition coefficient (Wildman–Crippen LogP) is 14.8. The van der Waals surface area contributed by atoms with Gasteiger partial charge in [-0.25, -0.2) is 0 Å². The summed E-state index contributed by atoms with van der Waals surface area (Å²) in [7, 11) is 0. The molecule has 0 spiro atoms. The standard InChI is InChI=1S/C51H37NS/c1-51(2)43-20-9-6-17-41(43)50-44(51)21-13-23-46(50)52(38-32-30-37(31-33-38)36-28-26-35(27-29-36)34-14-4-3-5-15-34)45-22-10-7-16-39(45)40-19-12-25-48-49(40)42-18-8-11-24-47(42)53-48/h3-33H,1-2H3. The van der Waals surface area contributed by atoms with Crippen LogP contribution in [0, 0.1) is 0 Å². The van der Waals surface area contributed by atoms with Crippen molar-refractivity contribution >= 4 is 48.6 Å². The average molecular weight is 696 g/mol. The quantitative estimate of drug-likeness (QED) is 0.167.